The van der Waals surface area contributed by atoms with Crippen LogP contribution in [-0.4, -0.2) is 21.1 Å². The lowest BCUT2D eigenvalue weighted by atomic mass is 10.2. The highest BCUT2D eigenvalue weighted by Gasteiger charge is 2.05. The van der Waals surface area contributed by atoms with Crippen LogP contribution in [0.25, 0.3) is 0 Å². The van der Waals surface area contributed by atoms with E-state index in [1.54, 1.807) is 12.1 Å². The number of hydrazone groups is 1. The van der Waals surface area contributed by atoms with Gasteiger partial charge in [-0.3, -0.25) is 0 Å². The van der Waals surface area contributed by atoms with E-state index in [1.807, 2.05) is 6.92 Å². The molecule has 0 radical (unpaired) electrons. The number of halogens is 1. The molecule has 0 fully saturated rings. The summed E-state index contributed by atoms with van der Waals surface area (Å²) in [4.78, 5) is 0. The van der Waals surface area contributed by atoms with Gasteiger partial charge < -0.3 is 5.84 Å². The lowest BCUT2D eigenvalue weighted by Crippen LogP contribution is -2.14. The second-order valence-electron chi connectivity index (χ2n) is 3.59. The van der Waals surface area contributed by atoms with Crippen molar-refractivity contribution in [2.75, 3.05) is 11.3 Å². The molecule has 0 saturated heterocycles. The van der Waals surface area contributed by atoms with Crippen LogP contribution >= 0.6 is 0 Å². The van der Waals surface area contributed by atoms with Gasteiger partial charge in [0.15, 0.2) is 5.82 Å². The van der Waals surface area contributed by atoms with E-state index >= 15 is 0 Å². The van der Waals surface area contributed by atoms with Crippen LogP contribution in [0, 0.1) is 5.82 Å². The molecule has 0 bridgehead atoms. The van der Waals surface area contributed by atoms with E-state index in [-0.39, 0.29) is 5.82 Å². The van der Waals surface area contributed by atoms with Crippen molar-refractivity contribution in [2.24, 2.45) is 5.10 Å². The lowest BCUT2D eigenvalue weighted by molar-refractivity contribution is 0.627. The Bertz CT molecular complexity index is 562. The van der Waals surface area contributed by atoms with E-state index in [4.69, 9.17) is 5.84 Å². The van der Waals surface area contributed by atoms with Gasteiger partial charge in [0.1, 0.15) is 5.82 Å². The molecule has 0 saturated carbocycles. The van der Waals surface area contributed by atoms with Crippen LogP contribution in [0.4, 0.5) is 10.3 Å². The molecule has 0 atom stereocenters. The first-order valence-corrected chi connectivity index (χ1v) is 5.44. The van der Waals surface area contributed by atoms with Crippen molar-refractivity contribution in [2.45, 2.75) is 13.3 Å². The predicted molar refractivity (Wildman–Crippen MR) is 67.2 cm³/mol. The maximum absolute atomic E-state index is 12.9. The zero-order valence-electron chi connectivity index (χ0n) is 9.84. The number of anilines is 1. The molecule has 1 aromatic heterocycles. The minimum Gasteiger partial charge on any atom is -0.335 e. The molecule has 0 aliphatic heterocycles. The molecule has 0 amide bonds. The van der Waals surface area contributed by atoms with Crippen molar-refractivity contribution in [3.63, 3.8) is 0 Å². The molecular weight excluding hydrogens is 235 g/mol. The fourth-order valence-electron chi connectivity index (χ4n) is 1.39. The number of nitrogens with one attached hydrogen (secondary N) is 1. The Labute approximate surface area is 103 Å². The number of nitrogens with two attached hydrogens (primary N) is 1. The number of benzene rings is 1. The molecule has 0 aliphatic carbocycles. The van der Waals surface area contributed by atoms with Gasteiger partial charge in [0.25, 0.3) is 5.95 Å². The number of rotatable bonds is 4. The number of hydrogen-bond donors (Lipinski definition) is 2. The number of nitrogens with zero attached hydrogens (tertiary/aromatic N) is 4. The molecule has 0 unspecified atom stereocenters. The van der Waals surface area contributed by atoms with E-state index in [1.165, 1.54) is 23.0 Å². The van der Waals surface area contributed by atoms with E-state index in [0.29, 0.717) is 23.8 Å². The summed E-state index contributed by atoms with van der Waals surface area (Å²) in [6, 6.07) is 6.08. The molecule has 1 aromatic carbocycles. The fraction of sp³-hybridized carbons (Fsp3) is 0.182. The molecule has 7 heteroatoms. The number of aryl methyl sites for hydroxylation is 1. The van der Waals surface area contributed by atoms with Crippen molar-refractivity contribution in [1.29, 1.82) is 0 Å². The Hall–Kier alpha value is -2.44. The summed E-state index contributed by atoms with van der Waals surface area (Å²) in [6.45, 7) is 1.92. The number of hydrogen-bond acceptors (Lipinski definition) is 5. The molecule has 2 aromatic rings. The SMILES string of the molecule is CCc1nnc(N/N=C/c2cccc(F)c2)n1N. The highest BCUT2D eigenvalue weighted by atomic mass is 19.1. The third-order valence-corrected chi connectivity index (χ3v) is 2.31. The highest BCUT2D eigenvalue weighted by molar-refractivity contribution is 5.79. The van der Waals surface area contributed by atoms with Gasteiger partial charge in [-0.1, -0.05) is 19.1 Å². The Morgan fingerprint density at radius 3 is 3.00 bits per heavy atom. The van der Waals surface area contributed by atoms with Crippen molar-refractivity contribution < 1.29 is 4.39 Å². The van der Waals surface area contributed by atoms with Gasteiger partial charge in [0.05, 0.1) is 6.21 Å². The third kappa shape index (κ3) is 2.62. The second kappa shape index (κ2) is 5.26. The Kier molecular flexibility index (Phi) is 3.52. The lowest BCUT2D eigenvalue weighted by Gasteiger charge is -2.00. The Morgan fingerprint density at radius 2 is 2.33 bits per heavy atom. The average Bonchev–Trinajstić information content (AvgIpc) is 2.71. The third-order valence-electron chi connectivity index (χ3n) is 2.31. The minimum absolute atomic E-state index is 0.311. The quantitative estimate of drug-likeness (QED) is 0.483. The molecule has 1 heterocycles. The zero-order chi connectivity index (χ0) is 13.0. The molecule has 0 spiro atoms. The summed E-state index contributed by atoms with van der Waals surface area (Å²) in [5.74, 6) is 6.39. The van der Waals surface area contributed by atoms with Crippen molar-refractivity contribution >= 4 is 12.2 Å². The predicted octanol–water partition coefficient (Wildman–Crippen LogP) is 1.14. The standard InChI is InChI=1S/C11H13FN6/c1-2-10-15-17-11(18(10)13)16-14-7-8-4-3-5-9(12)6-8/h3-7H,2,13H2,1H3,(H,16,17)/b14-7+. The van der Waals surface area contributed by atoms with E-state index in [0.717, 1.165) is 0 Å². The monoisotopic (exact) mass is 248 g/mol. The Morgan fingerprint density at radius 1 is 1.50 bits per heavy atom. The van der Waals surface area contributed by atoms with Crippen molar-refractivity contribution in [1.82, 2.24) is 14.9 Å². The average molecular weight is 248 g/mol. The van der Waals surface area contributed by atoms with Crippen LogP contribution in [0.15, 0.2) is 29.4 Å². The molecule has 18 heavy (non-hydrogen) atoms. The summed E-state index contributed by atoms with van der Waals surface area (Å²) in [5, 5.41) is 11.6. The maximum atomic E-state index is 12.9. The van der Waals surface area contributed by atoms with Gasteiger partial charge in [-0.2, -0.15) is 5.10 Å². The summed E-state index contributed by atoms with van der Waals surface area (Å²) >= 11 is 0. The fourth-order valence-corrected chi connectivity index (χ4v) is 1.39. The molecule has 6 nitrogen and oxygen atoms in total. The van der Waals surface area contributed by atoms with E-state index in [9.17, 15) is 4.39 Å². The summed E-state index contributed by atoms with van der Waals surface area (Å²) < 4.78 is 14.2. The van der Waals surface area contributed by atoms with Crippen molar-refractivity contribution in [3.8, 4) is 0 Å². The van der Waals surface area contributed by atoms with Crippen LogP contribution in [0.5, 0.6) is 0 Å². The van der Waals surface area contributed by atoms with Gasteiger partial charge in [-0.25, -0.2) is 14.5 Å². The van der Waals surface area contributed by atoms with Crippen LogP contribution in [0.2, 0.25) is 0 Å². The largest absolute Gasteiger partial charge is 0.335 e. The molecule has 0 aliphatic rings. The first-order valence-electron chi connectivity index (χ1n) is 5.44. The summed E-state index contributed by atoms with van der Waals surface area (Å²) in [5.41, 5.74) is 3.29. The van der Waals surface area contributed by atoms with Crippen LogP contribution in [0.1, 0.15) is 18.3 Å². The smallest absolute Gasteiger partial charge is 0.263 e. The van der Waals surface area contributed by atoms with Gasteiger partial charge >= 0.3 is 0 Å². The van der Waals surface area contributed by atoms with Gasteiger partial charge in [0.2, 0.25) is 0 Å². The topological polar surface area (TPSA) is 81.1 Å². The van der Waals surface area contributed by atoms with E-state index < -0.39 is 0 Å². The van der Waals surface area contributed by atoms with Gasteiger partial charge in [-0.15, -0.1) is 10.2 Å². The van der Waals surface area contributed by atoms with Crippen LogP contribution in [0.3, 0.4) is 0 Å². The van der Waals surface area contributed by atoms with Crippen molar-refractivity contribution in [3.05, 3.63) is 41.5 Å². The molecule has 3 N–H and O–H groups in total. The molecule has 94 valence electrons. The Balaban J connectivity index is 2.05. The van der Waals surface area contributed by atoms with Gasteiger partial charge in [-0.05, 0) is 17.7 Å². The van der Waals surface area contributed by atoms with E-state index in [2.05, 4.69) is 20.7 Å². The molecular formula is C11H13FN6. The molecule has 2 rings (SSSR count). The summed E-state index contributed by atoms with van der Waals surface area (Å²) in [6.07, 6.45) is 2.15. The first kappa shape index (κ1) is 12.0. The van der Waals surface area contributed by atoms with Crippen LogP contribution < -0.4 is 11.3 Å². The second-order valence-corrected chi connectivity index (χ2v) is 3.59. The maximum Gasteiger partial charge on any atom is 0.263 e. The van der Waals surface area contributed by atoms with Crippen LogP contribution in [-0.2, 0) is 6.42 Å². The minimum atomic E-state index is -0.311. The normalized spacial score (nSPS) is 11.0. The first-order chi connectivity index (χ1) is 8.70. The zero-order valence-corrected chi connectivity index (χ0v) is 9.84. The number of aromatic nitrogens is 3. The van der Waals surface area contributed by atoms with Gasteiger partial charge in [0, 0.05) is 6.42 Å². The summed E-state index contributed by atoms with van der Waals surface area (Å²) in [7, 11) is 0. The number of nitrogen functional groups attached to an aromatic ring is 1. The highest BCUT2D eigenvalue weighted by Crippen LogP contribution is 2.04.